The normalized spacial score (nSPS) is 10.2. The fourth-order valence-electron chi connectivity index (χ4n) is 1.57. The minimum atomic E-state index is -1.36. The quantitative estimate of drug-likeness (QED) is 0.917. The summed E-state index contributed by atoms with van der Waals surface area (Å²) in [6.07, 6.45) is 2.09. The minimum absolute atomic E-state index is 0.343. The number of hydrogen-bond acceptors (Lipinski definition) is 3. The number of pyridine rings is 1. The van der Waals surface area contributed by atoms with E-state index in [2.05, 4.69) is 4.98 Å². The van der Waals surface area contributed by atoms with Gasteiger partial charge in [-0.15, -0.1) is 0 Å². The fourth-order valence-corrected chi connectivity index (χ4v) is 1.57. The molecule has 0 aliphatic rings. The largest absolute Gasteiger partial charge is 0.478 e. The van der Waals surface area contributed by atoms with E-state index in [0.717, 1.165) is 18.1 Å². The van der Waals surface area contributed by atoms with Crippen LogP contribution in [0.3, 0.4) is 0 Å². The highest BCUT2D eigenvalue weighted by Gasteiger charge is 2.16. The first-order valence-electron chi connectivity index (χ1n) is 5.76. The Morgan fingerprint density at radius 2 is 2.00 bits per heavy atom. The smallest absolute Gasteiger partial charge is 0.338 e. The van der Waals surface area contributed by atoms with Crippen molar-refractivity contribution in [1.29, 1.82) is 0 Å². The number of carbonyl (C=O) groups is 1. The average Bonchev–Trinajstić information content (AvgIpc) is 2.41. The summed E-state index contributed by atoms with van der Waals surface area (Å²) in [4.78, 5) is 14.5. The maximum absolute atomic E-state index is 13.8. The number of aromatic nitrogens is 1. The number of carboxylic acids is 1. The van der Waals surface area contributed by atoms with E-state index in [0.29, 0.717) is 5.75 Å². The second-order valence-corrected chi connectivity index (χ2v) is 3.88. The van der Waals surface area contributed by atoms with Gasteiger partial charge in [-0.3, -0.25) is 0 Å². The second-order valence-electron chi connectivity index (χ2n) is 3.88. The molecule has 19 heavy (non-hydrogen) atoms. The summed E-state index contributed by atoms with van der Waals surface area (Å²) < 4.78 is 19.0. The van der Waals surface area contributed by atoms with Gasteiger partial charge in [0.2, 0.25) is 0 Å². The van der Waals surface area contributed by atoms with Crippen LogP contribution in [0.2, 0.25) is 0 Å². The number of benzene rings is 1. The van der Waals surface area contributed by atoms with E-state index in [9.17, 15) is 9.18 Å². The first-order chi connectivity index (χ1) is 9.11. The van der Waals surface area contributed by atoms with Crippen LogP contribution in [0, 0.1) is 5.82 Å². The van der Waals surface area contributed by atoms with E-state index in [-0.39, 0.29) is 5.88 Å². The van der Waals surface area contributed by atoms with Gasteiger partial charge in [-0.2, -0.15) is 0 Å². The third kappa shape index (κ3) is 2.88. The molecule has 1 aromatic carbocycles. The number of rotatable bonds is 4. The zero-order chi connectivity index (χ0) is 13.8. The predicted octanol–water partition coefficient (Wildman–Crippen LogP) is 3.27. The molecule has 0 amide bonds. The van der Waals surface area contributed by atoms with Crippen LogP contribution in [0.5, 0.6) is 11.6 Å². The van der Waals surface area contributed by atoms with Crippen LogP contribution in [0.15, 0.2) is 36.5 Å². The molecule has 0 radical (unpaired) electrons. The second kappa shape index (κ2) is 5.48. The Morgan fingerprint density at radius 1 is 1.32 bits per heavy atom. The number of carboxylic acid groups (broad SMARTS) is 1. The molecule has 2 aromatic rings. The summed E-state index contributed by atoms with van der Waals surface area (Å²) >= 11 is 0. The van der Waals surface area contributed by atoms with E-state index in [1.54, 1.807) is 12.1 Å². The summed E-state index contributed by atoms with van der Waals surface area (Å²) in [5.74, 6) is -2.27. The molecule has 0 spiro atoms. The molecule has 0 unspecified atom stereocenters. The Hall–Kier alpha value is -2.43. The highest BCUT2D eigenvalue weighted by atomic mass is 19.1. The number of nitrogens with zero attached hydrogens (tertiary/aromatic N) is 1. The number of aryl methyl sites for hydroxylation is 1. The number of ether oxygens (including phenoxy) is 1. The highest BCUT2D eigenvalue weighted by Crippen LogP contribution is 2.24. The molecule has 1 N–H and O–H groups in total. The topological polar surface area (TPSA) is 59.4 Å². The van der Waals surface area contributed by atoms with Crippen molar-refractivity contribution in [3.63, 3.8) is 0 Å². The molecule has 98 valence electrons. The predicted molar refractivity (Wildman–Crippen MR) is 67.0 cm³/mol. The van der Waals surface area contributed by atoms with Crippen LogP contribution in [0.25, 0.3) is 0 Å². The first kappa shape index (κ1) is 13.0. The Balaban J connectivity index is 2.27. The monoisotopic (exact) mass is 261 g/mol. The van der Waals surface area contributed by atoms with Crippen LogP contribution in [0.1, 0.15) is 22.8 Å². The lowest BCUT2D eigenvalue weighted by Gasteiger charge is -2.07. The van der Waals surface area contributed by atoms with Crippen LogP contribution in [0.4, 0.5) is 4.39 Å². The maximum atomic E-state index is 13.8. The molecule has 0 saturated heterocycles. The molecular formula is C14H12FNO3. The third-order valence-electron chi connectivity index (χ3n) is 2.63. The van der Waals surface area contributed by atoms with Crippen LogP contribution in [-0.4, -0.2) is 16.1 Å². The van der Waals surface area contributed by atoms with Gasteiger partial charge in [0.05, 0.1) is 0 Å². The van der Waals surface area contributed by atoms with Gasteiger partial charge >= 0.3 is 5.97 Å². The molecule has 0 aliphatic carbocycles. The Bertz CT molecular complexity index is 596. The summed E-state index contributed by atoms with van der Waals surface area (Å²) in [5, 5.41) is 8.80. The van der Waals surface area contributed by atoms with Crippen molar-refractivity contribution in [3.05, 3.63) is 53.5 Å². The molecule has 0 atom stereocenters. The van der Waals surface area contributed by atoms with E-state index < -0.39 is 17.3 Å². The molecular weight excluding hydrogens is 249 g/mol. The maximum Gasteiger partial charge on any atom is 0.338 e. The lowest BCUT2D eigenvalue weighted by atomic mass is 10.2. The van der Waals surface area contributed by atoms with Crippen molar-refractivity contribution in [2.75, 3.05) is 0 Å². The molecule has 1 heterocycles. The van der Waals surface area contributed by atoms with Crippen LogP contribution < -0.4 is 4.74 Å². The van der Waals surface area contributed by atoms with Gasteiger partial charge in [0.25, 0.3) is 5.88 Å². The summed E-state index contributed by atoms with van der Waals surface area (Å²) in [6, 6.07) is 8.17. The molecule has 5 heteroatoms. The lowest BCUT2D eigenvalue weighted by Crippen LogP contribution is -2.03. The molecule has 1 aromatic heterocycles. The molecule has 0 fully saturated rings. The van der Waals surface area contributed by atoms with Crippen molar-refractivity contribution < 1.29 is 19.0 Å². The Labute approximate surface area is 109 Å². The summed E-state index contributed by atoms with van der Waals surface area (Å²) in [7, 11) is 0. The number of halogens is 1. The Kier molecular flexibility index (Phi) is 3.75. The van der Waals surface area contributed by atoms with Crippen LogP contribution >= 0.6 is 0 Å². The molecule has 0 bridgehead atoms. The third-order valence-corrected chi connectivity index (χ3v) is 2.63. The van der Waals surface area contributed by atoms with Gasteiger partial charge in [-0.05, 0) is 30.2 Å². The summed E-state index contributed by atoms with van der Waals surface area (Å²) in [6.45, 7) is 2.02. The van der Waals surface area contributed by atoms with Crippen molar-refractivity contribution in [2.45, 2.75) is 13.3 Å². The molecule has 4 nitrogen and oxygen atoms in total. The molecule has 2 rings (SSSR count). The number of hydrogen-bond donors (Lipinski definition) is 1. The highest BCUT2D eigenvalue weighted by molar-refractivity contribution is 5.88. The lowest BCUT2D eigenvalue weighted by molar-refractivity contribution is 0.0690. The SMILES string of the molecule is CCc1ccc(Oc2nccc(C(=O)O)c2F)cc1. The van der Waals surface area contributed by atoms with E-state index in [1.807, 2.05) is 19.1 Å². The average molecular weight is 261 g/mol. The Morgan fingerprint density at radius 3 is 2.58 bits per heavy atom. The van der Waals surface area contributed by atoms with Crippen molar-refractivity contribution >= 4 is 5.97 Å². The number of aromatic carboxylic acids is 1. The minimum Gasteiger partial charge on any atom is -0.478 e. The van der Waals surface area contributed by atoms with Crippen molar-refractivity contribution in [1.82, 2.24) is 4.98 Å². The van der Waals surface area contributed by atoms with E-state index >= 15 is 0 Å². The van der Waals surface area contributed by atoms with Crippen LogP contribution in [-0.2, 0) is 6.42 Å². The van der Waals surface area contributed by atoms with Gasteiger partial charge in [0, 0.05) is 6.20 Å². The van der Waals surface area contributed by atoms with Gasteiger partial charge in [-0.1, -0.05) is 19.1 Å². The van der Waals surface area contributed by atoms with E-state index in [4.69, 9.17) is 9.84 Å². The van der Waals surface area contributed by atoms with Gasteiger partial charge in [-0.25, -0.2) is 14.2 Å². The van der Waals surface area contributed by atoms with Crippen molar-refractivity contribution in [2.24, 2.45) is 0 Å². The zero-order valence-electron chi connectivity index (χ0n) is 10.3. The van der Waals surface area contributed by atoms with Gasteiger partial charge in [0.1, 0.15) is 11.3 Å². The van der Waals surface area contributed by atoms with E-state index in [1.165, 1.54) is 6.20 Å². The molecule has 0 saturated carbocycles. The van der Waals surface area contributed by atoms with Gasteiger partial charge in [0.15, 0.2) is 5.82 Å². The zero-order valence-corrected chi connectivity index (χ0v) is 10.3. The standard InChI is InChI=1S/C14H12FNO3/c1-2-9-3-5-10(6-4-9)19-13-12(15)11(14(17)18)7-8-16-13/h3-8H,2H2,1H3,(H,17,18). The first-order valence-corrected chi connectivity index (χ1v) is 5.76. The van der Waals surface area contributed by atoms with Gasteiger partial charge < -0.3 is 9.84 Å². The fraction of sp³-hybridized carbons (Fsp3) is 0.143. The van der Waals surface area contributed by atoms with Crippen molar-refractivity contribution in [3.8, 4) is 11.6 Å². The molecule has 0 aliphatic heterocycles. The summed E-state index contributed by atoms with van der Waals surface area (Å²) in [5.41, 5.74) is 0.662.